The molecule has 0 unspecified atom stereocenters. The third-order valence-corrected chi connectivity index (χ3v) is 5.23. The van der Waals surface area contributed by atoms with E-state index in [1.54, 1.807) is 6.08 Å². The first-order chi connectivity index (χ1) is 6.08. The van der Waals surface area contributed by atoms with Crippen molar-refractivity contribution in [2.45, 2.75) is 13.8 Å². The Bertz CT molecular complexity index is 225. The molecule has 0 heterocycles. The van der Waals surface area contributed by atoms with E-state index in [0.717, 1.165) is 0 Å². The summed E-state index contributed by atoms with van der Waals surface area (Å²) in [6, 6.07) is 0. The molecule has 0 aliphatic heterocycles. The molecule has 0 fully saturated rings. The Morgan fingerprint density at radius 2 is 1.92 bits per heavy atom. The Morgan fingerprint density at radius 3 is 2.31 bits per heavy atom. The number of carbonyl (C=O) groups is 1. The number of esters is 1. The maximum Gasteiger partial charge on any atom is 0.330 e. The highest BCUT2D eigenvalue weighted by Crippen LogP contribution is 2.44. The third kappa shape index (κ3) is 4.89. The first-order valence-electron chi connectivity index (χ1n) is 4.39. The average molecular weight is 204 g/mol. The van der Waals surface area contributed by atoms with E-state index in [1.165, 1.54) is 13.2 Å². The van der Waals surface area contributed by atoms with Gasteiger partial charge in [0.15, 0.2) is 0 Å². The Hall–Kier alpha value is -0.560. The first-order valence-corrected chi connectivity index (χ1v) is 6.65. The summed E-state index contributed by atoms with van der Waals surface area (Å²) < 4.78 is 16.2. The van der Waals surface area contributed by atoms with Gasteiger partial charge in [-0.1, -0.05) is 19.9 Å². The van der Waals surface area contributed by atoms with Gasteiger partial charge in [-0.05, 0) is 12.3 Å². The molecule has 13 heavy (non-hydrogen) atoms. The number of rotatable bonds is 5. The molecule has 0 aliphatic rings. The Labute approximate surface area is 79.5 Å². The number of carbonyl (C=O) groups excluding carboxylic acids is 1. The van der Waals surface area contributed by atoms with Gasteiger partial charge < -0.3 is 9.30 Å². The summed E-state index contributed by atoms with van der Waals surface area (Å²) in [5.41, 5.74) is 0. The molecule has 0 radical (unpaired) electrons. The quantitative estimate of drug-likeness (QED) is 0.391. The minimum atomic E-state index is -2.04. The van der Waals surface area contributed by atoms with Crippen molar-refractivity contribution < 1.29 is 14.1 Å². The second-order valence-electron chi connectivity index (χ2n) is 2.80. The summed E-state index contributed by atoms with van der Waals surface area (Å²) in [6.07, 6.45) is 4.84. The predicted octanol–water partition coefficient (Wildman–Crippen LogP) is 2.12. The van der Waals surface area contributed by atoms with Crippen molar-refractivity contribution >= 4 is 13.1 Å². The van der Waals surface area contributed by atoms with Crippen LogP contribution >= 0.6 is 7.14 Å². The van der Waals surface area contributed by atoms with Crippen LogP contribution < -0.4 is 0 Å². The van der Waals surface area contributed by atoms with E-state index in [9.17, 15) is 9.36 Å². The fraction of sp³-hybridized carbons (Fsp3) is 0.667. The van der Waals surface area contributed by atoms with E-state index in [1.807, 2.05) is 13.8 Å². The van der Waals surface area contributed by atoms with Crippen molar-refractivity contribution in [3.05, 3.63) is 12.2 Å². The molecule has 0 saturated heterocycles. The van der Waals surface area contributed by atoms with Crippen LogP contribution in [0.1, 0.15) is 13.8 Å². The predicted molar refractivity (Wildman–Crippen MR) is 54.7 cm³/mol. The summed E-state index contributed by atoms with van der Waals surface area (Å²) >= 11 is 0. The van der Waals surface area contributed by atoms with Crippen LogP contribution in [0.25, 0.3) is 0 Å². The molecule has 0 N–H and O–H groups in total. The topological polar surface area (TPSA) is 43.4 Å². The molecule has 0 aromatic carbocycles. The lowest BCUT2D eigenvalue weighted by Gasteiger charge is -2.10. The molecule has 0 saturated carbocycles. The second kappa shape index (κ2) is 5.98. The van der Waals surface area contributed by atoms with E-state index in [-0.39, 0.29) is 0 Å². The summed E-state index contributed by atoms with van der Waals surface area (Å²) in [6.45, 7) is 3.83. The highest BCUT2D eigenvalue weighted by molar-refractivity contribution is 7.64. The van der Waals surface area contributed by atoms with Crippen LogP contribution in [0.15, 0.2) is 12.2 Å². The fourth-order valence-electron chi connectivity index (χ4n) is 0.891. The zero-order valence-electron chi connectivity index (χ0n) is 8.45. The normalized spacial score (nSPS) is 11.9. The van der Waals surface area contributed by atoms with E-state index in [0.29, 0.717) is 18.5 Å². The van der Waals surface area contributed by atoms with Crippen LogP contribution in [-0.2, 0) is 14.1 Å². The van der Waals surface area contributed by atoms with E-state index in [4.69, 9.17) is 0 Å². The van der Waals surface area contributed by atoms with Gasteiger partial charge in [-0.25, -0.2) is 4.79 Å². The SMILES string of the molecule is CCP(=O)(CC)CC=CC(=O)OC. The molecular formula is C9H17O3P. The van der Waals surface area contributed by atoms with Crippen molar-refractivity contribution in [2.75, 3.05) is 25.6 Å². The largest absolute Gasteiger partial charge is 0.466 e. The maximum atomic E-state index is 11.8. The molecule has 4 heteroatoms. The minimum absolute atomic E-state index is 0.390. The van der Waals surface area contributed by atoms with E-state index >= 15 is 0 Å². The molecule has 3 nitrogen and oxygen atoms in total. The van der Waals surface area contributed by atoms with Gasteiger partial charge in [0, 0.05) is 12.2 Å². The lowest BCUT2D eigenvalue weighted by molar-refractivity contribution is -0.134. The number of hydrogen-bond donors (Lipinski definition) is 0. The van der Waals surface area contributed by atoms with Crippen molar-refractivity contribution in [1.29, 1.82) is 0 Å². The molecule has 0 atom stereocenters. The van der Waals surface area contributed by atoms with E-state index in [2.05, 4.69) is 4.74 Å². The number of allylic oxidation sites excluding steroid dienone is 1. The summed E-state index contributed by atoms with van der Waals surface area (Å²) in [7, 11) is -0.717. The lowest BCUT2D eigenvalue weighted by atomic mass is 10.5. The van der Waals surface area contributed by atoms with Gasteiger partial charge in [0.2, 0.25) is 0 Å². The maximum absolute atomic E-state index is 11.8. The fourth-order valence-corrected chi connectivity index (χ4v) is 2.34. The summed E-state index contributed by atoms with van der Waals surface area (Å²) in [5, 5.41) is 0. The molecular weight excluding hydrogens is 187 g/mol. The smallest absolute Gasteiger partial charge is 0.330 e. The van der Waals surface area contributed by atoms with Gasteiger partial charge in [-0.3, -0.25) is 0 Å². The summed E-state index contributed by atoms with van der Waals surface area (Å²) in [4.78, 5) is 10.7. The van der Waals surface area contributed by atoms with Crippen molar-refractivity contribution in [1.82, 2.24) is 0 Å². The second-order valence-corrected chi connectivity index (χ2v) is 6.54. The van der Waals surface area contributed by atoms with E-state index < -0.39 is 13.1 Å². The first kappa shape index (κ1) is 12.4. The van der Waals surface area contributed by atoms with Crippen molar-refractivity contribution in [3.8, 4) is 0 Å². The van der Waals surface area contributed by atoms with Crippen molar-refractivity contribution in [3.63, 3.8) is 0 Å². The van der Waals surface area contributed by atoms with Gasteiger partial charge in [-0.15, -0.1) is 0 Å². The zero-order valence-corrected chi connectivity index (χ0v) is 9.34. The van der Waals surface area contributed by atoms with Gasteiger partial charge in [0.1, 0.15) is 0 Å². The van der Waals surface area contributed by atoms with Gasteiger partial charge in [0.25, 0.3) is 0 Å². The molecule has 0 aliphatic carbocycles. The zero-order chi connectivity index (χ0) is 10.3. The van der Waals surface area contributed by atoms with Crippen LogP contribution in [0.3, 0.4) is 0 Å². The van der Waals surface area contributed by atoms with Crippen LogP contribution in [0, 0.1) is 0 Å². The average Bonchev–Trinajstić information content (AvgIpc) is 2.17. The van der Waals surface area contributed by atoms with Crippen LogP contribution in [-0.4, -0.2) is 31.6 Å². The Morgan fingerprint density at radius 1 is 1.38 bits per heavy atom. The highest BCUT2D eigenvalue weighted by Gasteiger charge is 2.14. The molecule has 0 bridgehead atoms. The highest BCUT2D eigenvalue weighted by atomic mass is 31.2. The number of methoxy groups -OCH3 is 1. The van der Waals surface area contributed by atoms with Crippen molar-refractivity contribution in [2.24, 2.45) is 0 Å². The molecule has 0 aromatic heterocycles. The van der Waals surface area contributed by atoms with Gasteiger partial charge in [0.05, 0.1) is 14.3 Å². The number of ether oxygens (including phenoxy) is 1. The minimum Gasteiger partial charge on any atom is -0.466 e. The number of hydrogen-bond acceptors (Lipinski definition) is 3. The molecule has 0 rings (SSSR count). The molecule has 0 aromatic rings. The lowest BCUT2D eigenvalue weighted by Crippen LogP contribution is -1.97. The molecule has 76 valence electrons. The van der Waals surface area contributed by atoms with Gasteiger partial charge in [-0.2, -0.15) is 0 Å². The Balaban J connectivity index is 4.07. The molecule has 0 amide bonds. The van der Waals surface area contributed by atoms with Gasteiger partial charge >= 0.3 is 5.97 Å². The van der Waals surface area contributed by atoms with Crippen LogP contribution in [0.2, 0.25) is 0 Å². The Kier molecular flexibility index (Phi) is 5.72. The monoisotopic (exact) mass is 204 g/mol. The standard InChI is InChI=1S/C9H17O3P/c1-4-13(11,5-2)8-6-7-9(10)12-3/h6-7H,4-5,8H2,1-3H3. The van der Waals surface area contributed by atoms with Crippen LogP contribution in [0.4, 0.5) is 0 Å². The summed E-state index contributed by atoms with van der Waals surface area (Å²) in [5.74, 6) is -0.390. The van der Waals surface area contributed by atoms with Crippen LogP contribution in [0.5, 0.6) is 0 Å². The molecule has 0 spiro atoms. The third-order valence-electron chi connectivity index (χ3n) is 2.05.